The molecule has 0 fully saturated rings. The number of amides is 1. The van der Waals surface area contributed by atoms with E-state index in [4.69, 9.17) is 0 Å². The van der Waals surface area contributed by atoms with E-state index in [0.717, 1.165) is 42.8 Å². The van der Waals surface area contributed by atoms with Crippen LogP contribution < -0.4 is 0 Å². The first-order valence-electron chi connectivity index (χ1n) is 11.4. The van der Waals surface area contributed by atoms with Crippen molar-refractivity contribution in [3.8, 4) is 11.3 Å². The summed E-state index contributed by atoms with van der Waals surface area (Å²) >= 11 is 1.39. The molecule has 1 amide bonds. The van der Waals surface area contributed by atoms with E-state index < -0.39 is 12.0 Å². The summed E-state index contributed by atoms with van der Waals surface area (Å²) in [7, 11) is 0. The lowest BCUT2D eigenvalue weighted by molar-refractivity contribution is -0.147. The Morgan fingerprint density at radius 1 is 1.19 bits per heavy atom. The van der Waals surface area contributed by atoms with Crippen molar-refractivity contribution in [2.45, 2.75) is 46.0 Å². The number of alkyl halides is 3. The molecule has 1 aliphatic heterocycles. The number of carbonyl (C=O) groups excluding carboxylic acids is 1. The molecule has 0 atom stereocenters. The summed E-state index contributed by atoms with van der Waals surface area (Å²) in [6.45, 7) is 6.32. The van der Waals surface area contributed by atoms with E-state index in [1.165, 1.54) is 22.6 Å². The maximum Gasteiger partial charge on any atom is 0.451 e. The monoisotopic (exact) mass is 514 g/mol. The van der Waals surface area contributed by atoms with Crippen molar-refractivity contribution in [3.05, 3.63) is 52.3 Å². The second kappa shape index (κ2) is 7.88. The molecule has 0 saturated heterocycles. The maximum atomic E-state index is 13.3. The minimum Gasteiger partial charge on any atom is -0.354 e. The van der Waals surface area contributed by atoms with Crippen LogP contribution in [0.4, 0.5) is 13.2 Å². The Morgan fingerprint density at radius 3 is 2.75 bits per heavy atom. The number of halogens is 3. The van der Waals surface area contributed by atoms with Crippen LogP contribution in [0.3, 0.4) is 0 Å². The van der Waals surface area contributed by atoms with E-state index in [1.54, 1.807) is 4.52 Å². The first kappa shape index (κ1) is 22.7. The lowest BCUT2D eigenvalue weighted by atomic mass is 9.99. The molecule has 0 bridgehead atoms. The fourth-order valence-electron chi connectivity index (χ4n) is 4.81. The smallest absolute Gasteiger partial charge is 0.354 e. The standard InChI is InChI=1S/C23H21F3N8OS/c1-11(2)17-18(13-6-12(3)20-27-10-28-34(20)8-13)29-14-7-15(36-19(14)17)21(35)32-4-5-33-16(9-32)30-31-22(33)23(24,25)26/h6-8,10-11,29H,4-5,9H2,1-3H3. The van der Waals surface area contributed by atoms with Gasteiger partial charge in [-0.15, -0.1) is 21.5 Å². The molecule has 5 aromatic heterocycles. The molecule has 0 aliphatic carbocycles. The van der Waals surface area contributed by atoms with E-state index in [0.29, 0.717) is 4.88 Å². The number of nitrogens with zero attached hydrogens (tertiary/aromatic N) is 7. The molecule has 1 N–H and O–H groups in total. The highest BCUT2D eigenvalue weighted by Crippen LogP contribution is 2.40. The highest BCUT2D eigenvalue weighted by Gasteiger charge is 2.40. The zero-order valence-electron chi connectivity index (χ0n) is 19.6. The fraction of sp³-hybridized carbons (Fsp3) is 0.348. The van der Waals surface area contributed by atoms with Crippen molar-refractivity contribution in [1.29, 1.82) is 0 Å². The van der Waals surface area contributed by atoms with Gasteiger partial charge >= 0.3 is 6.18 Å². The van der Waals surface area contributed by atoms with Crippen LogP contribution in [0.5, 0.6) is 0 Å². The zero-order chi connectivity index (χ0) is 25.4. The number of hydrogen-bond acceptors (Lipinski definition) is 6. The van der Waals surface area contributed by atoms with Gasteiger partial charge in [0.1, 0.15) is 6.33 Å². The molecule has 0 unspecified atom stereocenters. The average Bonchev–Trinajstić information content (AvgIpc) is 3.58. The number of fused-ring (bicyclic) bond motifs is 3. The van der Waals surface area contributed by atoms with Crippen molar-refractivity contribution in [1.82, 2.24) is 39.2 Å². The van der Waals surface area contributed by atoms with Crippen LogP contribution in [0.15, 0.2) is 24.7 Å². The zero-order valence-corrected chi connectivity index (χ0v) is 20.4. The van der Waals surface area contributed by atoms with Gasteiger partial charge in [-0.2, -0.15) is 18.3 Å². The van der Waals surface area contributed by atoms with Gasteiger partial charge in [0.2, 0.25) is 5.82 Å². The van der Waals surface area contributed by atoms with Crippen LogP contribution in [-0.4, -0.2) is 51.7 Å². The molecule has 0 aromatic carbocycles. The van der Waals surface area contributed by atoms with Crippen LogP contribution in [0.2, 0.25) is 0 Å². The Kier molecular flexibility index (Phi) is 4.97. The first-order valence-corrected chi connectivity index (χ1v) is 12.2. The topological polar surface area (TPSA) is 97.0 Å². The van der Waals surface area contributed by atoms with Crippen LogP contribution in [-0.2, 0) is 19.3 Å². The van der Waals surface area contributed by atoms with Crippen molar-refractivity contribution in [2.24, 2.45) is 0 Å². The summed E-state index contributed by atoms with van der Waals surface area (Å²) in [6.07, 6.45) is -1.12. The predicted octanol–water partition coefficient (Wildman–Crippen LogP) is 4.64. The lowest BCUT2D eigenvalue weighted by Gasteiger charge is -2.27. The van der Waals surface area contributed by atoms with Gasteiger partial charge in [-0.25, -0.2) is 9.50 Å². The summed E-state index contributed by atoms with van der Waals surface area (Å²) in [5.74, 6) is -0.949. The van der Waals surface area contributed by atoms with Crippen molar-refractivity contribution in [3.63, 3.8) is 0 Å². The molecule has 6 rings (SSSR count). The van der Waals surface area contributed by atoms with E-state index in [9.17, 15) is 18.0 Å². The molecule has 0 saturated carbocycles. The molecule has 186 valence electrons. The molecule has 1 aliphatic rings. The molecule has 36 heavy (non-hydrogen) atoms. The molecule has 0 radical (unpaired) electrons. The number of H-pyrrole nitrogens is 1. The van der Waals surface area contributed by atoms with Crippen LogP contribution in [0, 0.1) is 6.92 Å². The quantitative estimate of drug-likeness (QED) is 0.379. The van der Waals surface area contributed by atoms with Gasteiger partial charge < -0.3 is 14.5 Å². The molecule has 9 nitrogen and oxygen atoms in total. The van der Waals surface area contributed by atoms with Gasteiger partial charge in [-0.3, -0.25) is 4.79 Å². The number of aromatic nitrogens is 7. The second-order valence-corrected chi connectivity index (χ2v) is 10.2. The van der Waals surface area contributed by atoms with Crippen LogP contribution in [0.25, 0.3) is 27.1 Å². The van der Waals surface area contributed by atoms with E-state index in [2.05, 4.69) is 45.2 Å². The Balaban J connectivity index is 1.34. The SMILES string of the molecule is Cc1cc(-c2[nH]c3cc(C(=O)N4CCn5c(nnc5C(F)(F)F)C4)sc3c2C(C)C)cn2ncnc12. The number of carbonyl (C=O) groups is 1. The second-order valence-electron chi connectivity index (χ2n) is 9.18. The van der Waals surface area contributed by atoms with Gasteiger partial charge in [0.05, 0.1) is 27.3 Å². The van der Waals surface area contributed by atoms with Gasteiger partial charge in [0.25, 0.3) is 5.91 Å². The lowest BCUT2D eigenvalue weighted by Crippen LogP contribution is -2.39. The number of nitrogens with one attached hydrogen (secondary N) is 1. The first-order chi connectivity index (χ1) is 17.1. The summed E-state index contributed by atoms with van der Waals surface area (Å²) in [5, 5.41) is 11.2. The third-order valence-corrected chi connectivity index (χ3v) is 7.59. The highest BCUT2D eigenvalue weighted by molar-refractivity contribution is 7.21. The summed E-state index contributed by atoms with van der Waals surface area (Å²) in [5.41, 5.74) is 5.68. The van der Waals surface area contributed by atoms with Crippen molar-refractivity contribution in [2.75, 3.05) is 6.54 Å². The van der Waals surface area contributed by atoms with Gasteiger partial charge in [0, 0.05) is 24.8 Å². The van der Waals surface area contributed by atoms with Gasteiger partial charge in [-0.1, -0.05) is 13.8 Å². The van der Waals surface area contributed by atoms with Gasteiger partial charge in [-0.05, 0) is 36.1 Å². The number of aromatic amines is 1. The molecular formula is C23H21F3N8OS. The van der Waals surface area contributed by atoms with E-state index in [-0.39, 0.29) is 37.3 Å². The van der Waals surface area contributed by atoms with Crippen LogP contribution in [0.1, 0.15) is 52.2 Å². The highest BCUT2D eigenvalue weighted by atomic mass is 32.1. The molecule has 0 spiro atoms. The molecular weight excluding hydrogens is 493 g/mol. The Bertz CT molecular complexity index is 1640. The Morgan fingerprint density at radius 2 is 2.00 bits per heavy atom. The fourth-order valence-corrected chi connectivity index (χ4v) is 6.09. The third-order valence-electron chi connectivity index (χ3n) is 6.44. The van der Waals surface area contributed by atoms with E-state index >= 15 is 0 Å². The predicted molar refractivity (Wildman–Crippen MR) is 127 cm³/mol. The molecule has 5 aromatic rings. The van der Waals surface area contributed by atoms with E-state index in [1.807, 2.05) is 19.2 Å². The Labute approximate surface area is 206 Å². The van der Waals surface area contributed by atoms with Gasteiger partial charge in [0.15, 0.2) is 11.5 Å². The van der Waals surface area contributed by atoms with Crippen LogP contribution >= 0.6 is 11.3 Å². The number of rotatable bonds is 3. The Hall–Kier alpha value is -3.74. The summed E-state index contributed by atoms with van der Waals surface area (Å²) < 4.78 is 43.2. The van der Waals surface area contributed by atoms with Crippen molar-refractivity contribution < 1.29 is 18.0 Å². The third kappa shape index (κ3) is 3.48. The number of thiophene rings is 1. The minimum absolute atomic E-state index is 0.00232. The maximum absolute atomic E-state index is 13.3. The summed E-state index contributed by atoms with van der Waals surface area (Å²) in [6, 6.07) is 3.88. The minimum atomic E-state index is -4.58. The van der Waals surface area contributed by atoms with Crippen molar-refractivity contribution >= 4 is 33.1 Å². The largest absolute Gasteiger partial charge is 0.451 e. The molecule has 6 heterocycles. The average molecular weight is 515 g/mol. The summed E-state index contributed by atoms with van der Waals surface area (Å²) in [4.78, 5) is 23.1. The number of hydrogen-bond donors (Lipinski definition) is 1. The number of aryl methyl sites for hydroxylation is 1. The number of pyridine rings is 1. The normalized spacial score (nSPS) is 14.4. The molecule has 13 heteroatoms.